The predicted octanol–water partition coefficient (Wildman–Crippen LogP) is 3.22. The van der Waals surface area contributed by atoms with Gasteiger partial charge in [0.15, 0.2) is 0 Å². The van der Waals surface area contributed by atoms with Crippen LogP contribution in [0.4, 0.5) is 0 Å². The third-order valence-electron chi connectivity index (χ3n) is 3.01. The first-order chi connectivity index (χ1) is 7.29. The second-order valence-electron chi connectivity index (χ2n) is 4.27. The zero-order valence-electron chi connectivity index (χ0n) is 9.17. The number of hydrogen-bond donors (Lipinski definition) is 0. The van der Waals surface area contributed by atoms with Gasteiger partial charge in [-0.2, -0.15) is 0 Å². The normalized spacial score (nSPS) is 17.2. The molecule has 0 spiro atoms. The molecule has 0 aliphatic heterocycles. The third kappa shape index (κ3) is 2.69. The number of alkyl halides is 1. The lowest BCUT2D eigenvalue weighted by molar-refractivity contribution is 0.682. The van der Waals surface area contributed by atoms with Gasteiger partial charge < -0.3 is 0 Å². The van der Waals surface area contributed by atoms with Gasteiger partial charge in [0.05, 0.1) is 0 Å². The van der Waals surface area contributed by atoms with Crippen LogP contribution in [0.3, 0.4) is 0 Å². The number of aromatic nitrogens is 2. The van der Waals surface area contributed by atoms with E-state index in [4.69, 9.17) is 11.6 Å². The summed E-state index contributed by atoms with van der Waals surface area (Å²) in [5.41, 5.74) is 2.31. The van der Waals surface area contributed by atoms with Gasteiger partial charge in [-0.05, 0) is 25.8 Å². The molecule has 0 atom stereocenters. The first-order valence-corrected chi connectivity index (χ1v) is 6.23. The average molecular weight is 225 g/mol. The lowest BCUT2D eigenvalue weighted by Crippen LogP contribution is -2.05. The van der Waals surface area contributed by atoms with E-state index in [1.165, 1.54) is 31.4 Å². The molecule has 0 aromatic carbocycles. The molecule has 2 rings (SSSR count). The van der Waals surface area contributed by atoms with E-state index in [2.05, 4.69) is 16.0 Å². The van der Waals surface area contributed by atoms with Crippen LogP contribution in [-0.2, 0) is 6.42 Å². The van der Waals surface area contributed by atoms with Gasteiger partial charge in [-0.1, -0.05) is 12.8 Å². The summed E-state index contributed by atoms with van der Waals surface area (Å²) in [5, 5.41) is 0. The summed E-state index contributed by atoms with van der Waals surface area (Å²) in [4.78, 5) is 9.01. The molecule has 1 aliphatic carbocycles. The maximum Gasteiger partial charge on any atom is 0.130 e. The van der Waals surface area contributed by atoms with Gasteiger partial charge >= 0.3 is 0 Å². The van der Waals surface area contributed by atoms with Crippen LogP contribution in [0.25, 0.3) is 0 Å². The zero-order chi connectivity index (χ0) is 10.7. The Morgan fingerprint density at radius 3 is 2.73 bits per heavy atom. The Labute approximate surface area is 96.1 Å². The molecule has 1 aliphatic rings. The third-order valence-corrected chi connectivity index (χ3v) is 3.20. The lowest BCUT2D eigenvalue weighted by Gasteiger charge is -2.10. The maximum atomic E-state index is 5.72. The van der Waals surface area contributed by atoms with Crippen molar-refractivity contribution in [2.24, 2.45) is 0 Å². The van der Waals surface area contributed by atoms with Crippen LogP contribution >= 0.6 is 11.6 Å². The number of halogens is 1. The van der Waals surface area contributed by atoms with E-state index in [-0.39, 0.29) is 0 Å². The van der Waals surface area contributed by atoms with Gasteiger partial charge in [0.25, 0.3) is 0 Å². The van der Waals surface area contributed by atoms with Gasteiger partial charge in [0.2, 0.25) is 0 Å². The van der Waals surface area contributed by atoms with Crippen molar-refractivity contribution in [3.8, 4) is 0 Å². The van der Waals surface area contributed by atoms with Crippen LogP contribution in [0.15, 0.2) is 6.07 Å². The molecule has 0 radical (unpaired) electrons. The number of aryl methyl sites for hydroxylation is 2. The highest BCUT2D eigenvalue weighted by Crippen LogP contribution is 2.33. The maximum absolute atomic E-state index is 5.72. The minimum atomic E-state index is 0.605. The fourth-order valence-corrected chi connectivity index (χ4v) is 2.45. The van der Waals surface area contributed by atoms with Crippen molar-refractivity contribution in [1.82, 2.24) is 9.97 Å². The zero-order valence-corrected chi connectivity index (χ0v) is 9.93. The molecule has 0 bridgehead atoms. The Kier molecular flexibility index (Phi) is 3.57. The Bertz CT molecular complexity index is 332. The van der Waals surface area contributed by atoms with Crippen molar-refractivity contribution < 1.29 is 0 Å². The van der Waals surface area contributed by atoms with E-state index in [9.17, 15) is 0 Å². The fourth-order valence-electron chi connectivity index (χ4n) is 2.28. The summed E-state index contributed by atoms with van der Waals surface area (Å²) in [5.74, 6) is 2.18. The van der Waals surface area contributed by atoms with Crippen LogP contribution in [0.5, 0.6) is 0 Å². The van der Waals surface area contributed by atoms with E-state index in [0.29, 0.717) is 11.8 Å². The van der Waals surface area contributed by atoms with E-state index in [1.807, 2.05) is 6.92 Å². The molecule has 2 nitrogen and oxygen atoms in total. The van der Waals surface area contributed by atoms with E-state index >= 15 is 0 Å². The number of hydrogen-bond acceptors (Lipinski definition) is 2. The van der Waals surface area contributed by atoms with E-state index < -0.39 is 0 Å². The van der Waals surface area contributed by atoms with Crippen LogP contribution in [0.2, 0.25) is 0 Å². The first kappa shape index (κ1) is 10.9. The van der Waals surface area contributed by atoms with Crippen molar-refractivity contribution in [2.45, 2.75) is 44.9 Å². The van der Waals surface area contributed by atoms with Gasteiger partial charge in [-0.25, -0.2) is 9.97 Å². The van der Waals surface area contributed by atoms with Gasteiger partial charge in [0, 0.05) is 29.6 Å². The largest absolute Gasteiger partial charge is 0.238 e. The molecule has 1 fully saturated rings. The predicted molar refractivity (Wildman–Crippen MR) is 62.4 cm³/mol. The standard InChI is InChI=1S/C12H17ClN2/c1-9-8-11(10-4-2-3-5-10)15-12(14-9)6-7-13/h8,10H,2-7H2,1H3. The average Bonchev–Trinajstić information content (AvgIpc) is 2.70. The molecular weight excluding hydrogens is 208 g/mol. The minimum Gasteiger partial charge on any atom is -0.238 e. The highest BCUT2D eigenvalue weighted by atomic mass is 35.5. The summed E-state index contributed by atoms with van der Waals surface area (Å²) in [6.45, 7) is 2.04. The fraction of sp³-hybridized carbons (Fsp3) is 0.667. The second-order valence-corrected chi connectivity index (χ2v) is 4.65. The van der Waals surface area contributed by atoms with E-state index in [1.54, 1.807) is 0 Å². The molecule has 0 amide bonds. The molecular formula is C12H17ClN2. The quantitative estimate of drug-likeness (QED) is 0.737. The lowest BCUT2D eigenvalue weighted by atomic mass is 10.0. The Morgan fingerprint density at radius 1 is 1.33 bits per heavy atom. The van der Waals surface area contributed by atoms with Gasteiger partial charge in [0.1, 0.15) is 5.82 Å². The smallest absolute Gasteiger partial charge is 0.130 e. The summed E-state index contributed by atoms with van der Waals surface area (Å²) in [6, 6.07) is 2.13. The highest BCUT2D eigenvalue weighted by Gasteiger charge is 2.19. The van der Waals surface area contributed by atoms with Gasteiger partial charge in [-0.3, -0.25) is 0 Å². The summed E-state index contributed by atoms with van der Waals surface area (Å²) < 4.78 is 0. The molecule has 0 unspecified atom stereocenters. The monoisotopic (exact) mass is 224 g/mol. The van der Waals surface area contributed by atoms with Crippen molar-refractivity contribution in [1.29, 1.82) is 0 Å². The topological polar surface area (TPSA) is 25.8 Å². The van der Waals surface area contributed by atoms with Crippen LogP contribution in [0, 0.1) is 6.92 Å². The van der Waals surface area contributed by atoms with Crippen molar-refractivity contribution >= 4 is 11.6 Å². The van der Waals surface area contributed by atoms with Crippen molar-refractivity contribution in [3.63, 3.8) is 0 Å². The molecule has 82 valence electrons. The first-order valence-electron chi connectivity index (χ1n) is 5.70. The molecule has 15 heavy (non-hydrogen) atoms. The van der Waals surface area contributed by atoms with Crippen LogP contribution in [0.1, 0.15) is 48.8 Å². The molecule has 1 saturated carbocycles. The van der Waals surface area contributed by atoms with E-state index in [0.717, 1.165) is 17.9 Å². The molecule has 0 N–H and O–H groups in total. The SMILES string of the molecule is Cc1cc(C2CCCC2)nc(CCCl)n1. The summed E-state index contributed by atoms with van der Waals surface area (Å²) in [6.07, 6.45) is 6.05. The number of nitrogens with zero attached hydrogens (tertiary/aromatic N) is 2. The Hall–Kier alpha value is -0.630. The molecule has 1 aromatic rings. The Morgan fingerprint density at radius 2 is 2.07 bits per heavy atom. The van der Waals surface area contributed by atoms with Crippen molar-refractivity contribution in [3.05, 3.63) is 23.3 Å². The molecule has 3 heteroatoms. The second kappa shape index (κ2) is 4.93. The minimum absolute atomic E-state index is 0.605. The summed E-state index contributed by atoms with van der Waals surface area (Å²) in [7, 11) is 0. The summed E-state index contributed by atoms with van der Waals surface area (Å²) >= 11 is 5.72. The number of rotatable bonds is 3. The van der Waals surface area contributed by atoms with Gasteiger partial charge in [-0.15, -0.1) is 11.6 Å². The van der Waals surface area contributed by atoms with Crippen LogP contribution < -0.4 is 0 Å². The highest BCUT2D eigenvalue weighted by molar-refractivity contribution is 6.17. The Balaban J connectivity index is 2.22. The molecule has 0 saturated heterocycles. The molecule has 1 heterocycles. The van der Waals surface area contributed by atoms with Crippen LogP contribution in [-0.4, -0.2) is 15.8 Å². The molecule has 1 aromatic heterocycles. The van der Waals surface area contributed by atoms with Crippen molar-refractivity contribution in [2.75, 3.05) is 5.88 Å².